The van der Waals surface area contributed by atoms with Crippen molar-refractivity contribution in [2.45, 2.75) is 13.3 Å². The van der Waals surface area contributed by atoms with Gasteiger partial charge in [0.25, 0.3) is 5.91 Å². The molecule has 0 atom stereocenters. The molecule has 1 aliphatic heterocycles. The first-order valence-electron chi connectivity index (χ1n) is 10.7. The molecule has 0 radical (unpaired) electrons. The molecule has 3 heterocycles. The van der Waals surface area contributed by atoms with Crippen molar-refractivity contribution in [3.05, 3.63) is 77.2 Å². The summed E-state index contributed by atoms with van der Waals surface area (Å²) in [6, 6.07) is 17.2. The number of fused-ring (bicyclic) bond motifs is 1. The number of halogens is 1. The molecular weight excluding hydrogens is 424 g/mol. The molecule has 7 nitrogen and oxygen atoms in total. The summed E-state index contributed by atoms with van der Waals surface area (Å²) in [6.45, 7) is 4.62. The molecule has 32 heavy (non-hydrogen) atoms. The summed E-state index contributed by atoms with van der Waals surface area (Å²) in [6.07, 6.45) is 2.56. The fourth-order valence-corrected chi connectivity index (χ4v) is 4.24. The first kappa shape index (κ1) is 20.5. The number of amides is 1. The van der Waals surface area contributed by atoms with Gasteiger partial charge in [0.2, 0.25) is 0 Å². The number of piperazine rings is 1. The van der Waals surface area contributed by atoms with Crippen LogP contribution in [-0.2, 0) is 6.42 Å². The zero-order valence-corrected chi connectivity index (χ0v) is 18.5. The van der Waals surface area contributed by atoms with E-state index in [1.807, 2.05) is 65.2 Å². The van der Waals surface area contributed by atoms with Gasteiger partial charge >= 0.3 is 0 Å². The molecule has 162 valence electrons. The monoisotopic (exact) mass is 446 g/mol. The van der Waals surface area contributed by atoms with Crippen LogP contribution in [0.25, 0.3) is 16.7 Å². The zero-order valence-electron chi connectivity index (χ0n) is 17.8. The number of hydrogen-bond donors (Lipinski definition) is 0. The number of anilines is 1. The minimum atomic E-state index is -0.0331. The summed E-state index contributed by atoms with van der Waals surface area (Å²) < 4.78 is 1.86. The van der Waals surface area contributed by atoms with Crippen molar-refractivity contribution >= 4 is 34.4 Å². The molecule has 1 aliphatic rings. The number of nitrogens with zero attached hydrogens (tertiary/aromatic N) is 6. The van der Waals surface area contributed by atoms with Gasteiger partial charge in [0, 0.05) is 32.6 Å². The summed E-state index contributed by atoms with van der Waals surface area (Å²) in [5.74, 6) is 1.62. The van der Waals surface area contributed by atoms with Crippen LogP contribution in [0.5, 0.6) is 0 Å². The van der Waals surface area contributed by atoms with Gasteiger partial charge in [-0.3, -0.25) is 4.79 Å². The van der Waals surface area contributed by atoms with Gasteiger partial charge in [0.05, 0.1) is 27.9 Å². The third kappa shape index (κ3) is 3.69. The predicted molar refractivity (Wildman–Crippen MR) is 126 cm³/mol. The van der Waals surface area contributed by atoms with E-state index >= 15 is 0 Å². The van der Waals surface area contributed by atoms with E-state index in [4.69, 9.17) is 21.6 Å². The predicted octanol–water partition coefficient (Wildman–Crippen LogP) is 3.99. The Balaban J connectivity index is 1.43. The second-order valence-electron chi connectivity index (χ2n) is 7.71. The third-order valence-electron chi connectivity index (χ3n) is 5.74. The number of hydrogen-bond acceptors (Lipinski definition) is 5. The summed E-state index contributed by atoms with van der Waals surface area (Å²) in [5, 5.41) is 6.00. The Hall–Kier alpha value is -3.45. The molecule has 1 saturated heterocycles. The number of benzene rings is 2. The Morgan fingerprint density at radius 2 is 1.69 bits per heavy atom. The van der Waals surface area contributed by atoms with E-state index in [0.29, 0.717) is 36.8 Å². The average molecular weight is 447 g/mol. The number of aryl methyl sites for hydroxylation is 1. The highest BCUT2D eigenvalue weighted by atomic mass is 35.5. The van der Waals surface area contributed by atoms with Crippen molar-refractivity contribution in [2.75, 3.05) is 31.1 Å². The minimum absolute atomic E-state index is 0.0331. The van der Waals surface area contributed by atoms with Crippen molar-refractivity contribution < 1.29 is 4.79 Å². The molecule has 0 aliphatic carbocycles. The zero-order chi connectivity index (χ0) is 22.1. The Morgan fingerprint density at radius 3 is 2.41 bits per heavy atom. The van der Waals surface area contributed by atoms with Gasteiger partial charge in [0.1, 0.15) is 11.6 Å². The second-order valence-corrected chi connectivity index (χ2v) is 8.11. The number of para-hydroxylation sites is 1. The van der Waals surface area contributed by atoms with Gasteiger partial charge in [-0.2, -0.15) is 5.10 Å². The van der Waals surface area contributed by atoms with E-state index < -0.39 is 0 Å². The van der Waals surface area contributed by atoms with Gasteiger partial charge < -0.3 is 9.80 Å². The Labute approximate surface area is 191 Å². The van der Waals surface area contributed by atoms with Crippen molar-refractivity contribution in [1.29, 1.82) is 0 Å². The molecule has 0 saturated carbocycles. The van der Waals surface area contributed by atoms with E-state index in [1.165, 1.54) is 0 Å². The highest BCUT2D eigenvalue weighted by molar-refractivity contribution is 6.33. The Bertz CT molecular complexity index is 1260. The van der Waals surface area contributed by atoms with Crippen molar-refractivity contribution in [3.8, 4) is 5.69 Å². The van der Waals surface area contributed by atoms with Crippen LogP contribution in [0.3, 0.4) is 0 Å². The SMILES string of the molecule is CCc1nc(N2CCN(C(=O)c3ccccc3Cl)CC2)c2cnn(-c3ccccc3)c2n1. The maximum Gasteiger partial charge on any atom is 0.255 e. The maximum atomic E-state index is 12.9. The van der Waals surface area contributed by atoms with Crippen LogP contribution in [-0.4, -0.2) is 56.7 Å². The van der Waals surface area contributed by atoms with Crippen LogP contribution >= 0.6 is 11.6 Å². The largest absolute Gasteiger partial charge is 0.352 e. The fraction of sp³-hybridized carbons (Fsp3) is 0.250. The molecule has 5 rings (SSSR count). The summed E-state index contributed by atoms with van der Waals surface area (Å²) >= 11 is 6.23. The summed E-state index contributed by atoms with van der Waals surface area (Å²) in [7, 11) is 0. The number of carbonyl (C=O) groups is 1. The van der Waals surface area contributed by atoms with Crippen LogP contribution in [0.4, 0.5) is 5.82 Å². The average Bonchev–Trinajstić information content (AvgIpc) is 3.28. The molecular formula is C24H23ClN6O. The van der Waals surface area contributed by atoms with Crippen LogP contribution in [0.15, 0.2) is 60.8 Å². The van der Waals surface area contributed by atoms with E-state index in [-0.39, 0.29) is 5.91 Å². The van der Waals surface area contributed by atoms with Crippen LogP contribution in [0, 0.1) is 0 Å². The summed E-state index contributed by atoms with van der Waals surface area (Å²) in [5.41, 5.74) is 2.31. The molecule has 8 heteroatoms. The lowest BCUT2D eigenvalue weighted by atomic mass is 10.1. The van der Waals surface area contributed by atoms with Gasteiger partial charge in [-0.05, 0) is 24.3 Å². The maximum absolute atomic E-state index is 12.9. The first-order chi connectivity index (χ1) is 15.7. The Morgan fingerprint density at radius 1 is 0.969 bits per heavy atom. The Kier molecular flexibility index (Phi) is 5.49. The number of aromatic nitrogens is 4. The second kappa shape index (κ2) is 8.59. The standard InChI is InChI=1S/C24H23ClN6O/c1-2-21-27-22(19-16-26-31(23(19)28-21)17-8-4-3-5-9-17)29-12-14-30(15-13-29)24(32)18-10-6-7-11-20(18)25/h3-11,16H,2,12-15H2,1H3. The van der Waals surface area contributed by atoms with Gasteiger partial charge in [-0.15, -0.1) is 0 Å². The van der Waals surface area contributed by atoms with Gasteiger partial charge in [0.15, 0.2) is 5.65 Å². The molecule has 0 bridgehead atoms. The van der Waals surface area contributed by atoms with Crippen molar-refractivity contribution in [2.24, 2.45) is 0 Å². The highest BCUT2D eigenvalue weighted by Crippen LogP contribution is 2.27. The van der Waals surface area contributed by atoms with Crippen LogP contribution < -0.4 is 4.90 Å². The van der Waals surface area contributed by atoms with E-state index in [9.17, 15) is 4.79 Å². The van der Waals surface area contributed by atoms with E-state index in [0.717, 1.165) is 34.8 Å². The molecule has 2 aromatic heterocycles. The van der Waals surface area contributed by atoms with Crippen molar-refractivity contribution in [1.82, 2.24) is 24.6 Å². The molecule has 0 unspecified atom stereocenters. The summed E-state index contributed by atoms with van der Waals surface area (Å²) in [4.78, 5) is 26.6. The normalized spacial score (nSPS) is 14.2. The van der Waals surface area contributed by atoms with Gasteiger partial charge in [-0.25, -0.2) is 14.6 Å². The molecule has 0 spiro atoms. The molecule has 1 fully saturated rings. The van der Waals surface area contributed by atoms with Crippen LogP contribution in [0.2, 0.25) is 5.02 Å². The minimum Gasteiger partial charge on any atom is -0.352 e. The molecule has 1 amide bonds. The number of rotatable bonds is 4. The third-order valence-corrected chi connectivity index (χ3v) is 6.07. The lowest BCUT2D eigenvalue weighted by Crippen LogP contribution is -2.49. The van der Waals surface area contributed by atoms with E-state index in [2.05, 4.69) is 10.00 Å². The molecule has 0 N–H and O–H groups in total. The lowest BCUT2D eigenvalue weighted by Gasteiger charge is -2.35. The quantitative estimate of drug-likeness (QED) is 0.474. The highest BCUT2D eigenvalue weighted by Gasteiger charge is 2.26. The van der Waals surface area contributed by atoms with Crippen molar-refractivity contribution in [3.63, 3.8) is 0 Å². The molecule has 2 aromatic carbocycles. The molecule has 4 aromatic rings. The van der Waals surface area contributed by atoms with Gasteiger partial charge in [-0.1, -0.05) is 48.9 Å². The smallest absolute Gasteiger partial charge is 0.255 e. The lowest BCUT2D eigenvalue weighted by molar-refractivity contribution is 0.0747. The fourth-order valence-electron chi connectivity index (χ4n) is 4.02. The van der Waals surface area contributed by atoms with Crippen LogP contribution in [0.1, 0.15) is 23.1 Å². The topological polar surface area (TPSA) is 67.2 Å². The number of carbonyl (C=O) groups excluding carboxylic acids is 1. The first-order valence-corrected chi connectivity index (χ1v) is 11.1. The van der Waals surface area contributed by atoms with E-state index in [1.54, 1.807) is 12.1 Å².